The van der Waals surface area contributed by atoms with E-state index in [0.29, 0.717) is 5.69 Å². The van der Waals surface area contributed by atoms with E-state index in [1.807, 2.05) is 19.1 Å². The van der Waals surface area contributed by atoms with Gasteiger partial charge in [0.15, 0.2) is 0 Å². The van der Waals surface area contributed by atoms with E-state index < -0.39 is 17.3 Å². The second kappa shape index (κ2) is 5.14. The van der Waals surface area contributed by atoms with Gasteiger partial charge >= 0.3 is 5.97 Å². The van der Waals surface area contributed by atoms with Gasteiger partial charge in [0, 0.05) is 6.20 Å². The van der Waals surface area contributed by atoms with Crippen molar-refractivity contribution in [2.75, 3.05) is 0 Å². The number of aryl methyl sites for hydroxylation is 1. The third-order valence-electron chi connectivity index (χ3n) is 2.18. The normalized spacial score (nSPS) is 14.6. The van der Waals surface area contributed by atoms with Crippen LogP contribution in [-0.2, 0) is 11.2 Å². The molecule has 0 amide bonds. The Morgan fingerprint density at radius 3 is 2.93 bits per heavy atom. The summed E-state index contributed by atoms with van der Waals surface area (Å²) in [5.41, 5.74) is 7.17. The van der Waals surface area contributed by atoms with Crippen LogP contribution in [0.1, 0.15) is 23.4 Å². The number of hydrogen-bond donors (Lipinski definition) is 3. The number of thiol groups is 1. The molecule has 0 aromatic carbocycles. The summed E-state index contributed by atoms with van der Waals surface area (Å²) in [4.78, 5) is 14.7. The van der Waals surface area contributed by atoms with Gasteiger partial charge in [0.2, 0.25) is 0 Å². The summed E-state index contributed by atoms with van der Waals surface area (Å²) < 4.78 is 0. The van der Waals surface area contributed by atoms with Crippen LogP contribution in [-0.4, -0.2) is 22.1 Å². The molecule has 1 unspecified atom stereocenters. The molecule has 3 N–H and O–H groups in total. The molecule has 82 valence electrons. The van der Waals surface area contributed by atoms with Crippen LogP contribution < -0.4 is 5.73 Å². The fourth-order valence-corrected chi connectivity index (χ4v) is 1.46. The zero-order valence-electron chi connectivity index (χ0n) is 8.42. The molecular formula is C10H14N2O2S. The van der Waals surface area contributed by atoms with Gasteiger partial charge < -0.3 is 10.8 Å². The number of aromatic nitrogens is 1. The maximum Gasteiger partial charge on any atom is 0.322 e. The highest BCUT2D eigenvalue weighted by Gasteiger charge is 2.23. The van der Waals surface area contributed by atoms with Gasteiger partial charge in [0.05, 0.1) is 10.9 Å². The van der Waals surface area contributed by atoms with Crippen molar-refractivity contribution in [3.63, 3.8) is 0 Å². The van der Waals surface area contributed by atoms with E-state index in [2.05, 4.69) is 17.6 Å². The van der Waals surface area contributed by atoms with Gasteiger partial charge in [0.1, 0.15) is 6.04 Å². The van der Waals surface area contributed by atoms with Crippen molar-refractivity contribution in [2.45, 2.75) is 24.6 Å². The van der Waals surface area contributed by atoms with E-state index in [4.69, 9.17) is 10.8 Å². The molecule has 0 radical (unpaired) electrons. The van der Waals surface area contributed by atoms with Crippen molar-refractivity contribution in [3.05, 3.63) is 29.6 Å². The molecule has 0 aliphatic rings. The zero-order valence-corrected chi connectivity index (χ0v) is 9.32. The predicted octanol–water partition coefficient (Wildman–Crippen LogP) is 1.03. The highest BCUT2D eigenvalue weighted by molar-refractivity contribution is 7.80. The molecule has 0 bridgehead atoms. The van der Waals surface area contributed by atoms with Crippen molar-refractivity contribution >= 4 is 18.6 Å². The van der Waals surface area contributed by atoms with E-state index in [0.717, 1.165) is 12.0 Å². The van der Waals surface area contributed by atoms with Crippen LogP contribution in [0.3, 0.4) is 0 Å². The average molecular weight is 226 g/mol. The summed E-state index contributed by atoms with van der Waals surface area (Å²) in [6.45, 7) is 2.02. The molecule has 15 heavy (non-hydrogen) atoms. The van der Waals surface area contributed by atoms with Gasteiger partial charge in [0.25, 0.3) is 0 Å². The fraction of sp³-hybridized carbons (Fsp3) is 0.400. The minimum absolute atomic E-state index is 0.575. The maximum absolute atomic E-state index is 10.7. The molecule has 0 saturated carbocycles. The van der Waals surface area contributed by atoms with Gasteiger partial charge in [-0.05, 0) is 24.1 Å². The number of carboxylic acids is 1. The number of nitrogens with two attached hydrogens (primary N) is 1. The van der Waals surface area contributed by atoms with Crippen LogP contribution in [0.4, 0.5) is 0 Å². The van der Waals surface area contributed by atoms with Crippen LogP contribution in [0.25, 0.3) is 0 Å². The first-order chi connectivity index (χ1) is 7.06. The fourth-order valence-electron chi connectivity index (χ4n) is 1.20. The topological polar surface area (TPSA) is 76.2 Å². The van der Waals surface area contributed by atoms with E-state index >= 15 is 0 Å². The molecule has 0 aliphatic carbocycles. The van der Waals surface area contributed by atoms with Gasteiger partial charge in [-0.3, -0.25) is 9.78 Å². The Hall–Kier alpha value is -1.07. The lowest BCUT2D eigenvalue weighted by Crippen LogP contribution is -2.34. The molecule has 4 nitrogen and oxygen atoms in total. The van der Waals surface area contributed by atoms with Crippen molar-refractivity contribution in [1.82, 2.24) is 4.98 Å². The predicted molar refractivity (Wildman–Crippen MR) is 61.0 cm³/mol. The molecule has 5 heteroatoms. The number of nitrogens with zero attached hydrogens (tertiary/aromatic N) is 1. The third-order valence-corrected chi connectivity index (χ3v) is 2.77. The summed E-state index contributed by atoms with van der Waals surface area (Å²) in [6.07, 6.45) is 2.52. The maximum atomic E-state index is 10.7. The zero-order chi connectivity index (χ0) is 11.4. The lowest BCUT2D eigenvalue weighted by atomic mass is 10.1. The van der Waals surface area contributed by atoms with Gasteiger partial charge in [-0.15, -0.1) is 0 Å². The molecule has 0 spiro atoms. The Morgan fingerprint density at radius 2 is 2.40 bits per heavy atom. The molecule has 0 fully saturated rings. The van der Waals surface area contributed by atoms with Crippen molar-refractivity contribution in [3.8, 4) is 0 Å². The van der Waals surface area contributed by atoms with Gasteiger partial charge in [-0.25, -0.2) is 0 Å². The monoisotopic (exact) mass is 226 g/mol. The summed E-state index contributed by atoms with van der Waals surface area (Å²) in [6, 6.07) is 2.68. The molecule has 2 atom stereocenters. The molecule has 1 rings (SSSR count). The first kappa shape index (κ1) is 12.0. The smallest absolute Gasteiger partial charge is 0.322 e. The summed E-state index contributed by atoms with van der Waals surface area (Å²) in [5.74, 6) is -1.07. The van der Waals surface area contributed by atoms with Crippen LogP contribution in [0.5, 0.6) is 0 Å². The van der Waals surface area contributed by atoms with Crippen LogP contribution in [0.2, 0.25) is 0 Å². The Bertz CT molecular complexity index is 357. The van der Waals surface area contributed by atoms with Gasteiger partial charge in [-0.2, -0.15) is 12.6 Å². The Kier molecular flexibility index (Phi) is 4.11. The highest BCUT2D eigenvalue weighted by Crippen LogP contribution is 2.21. The minimum atomic E-state index is -1.07. The molecule has 1 heterocycles. The Morgan fingerprint density at radius 1 is 1.73 bits per heavy atom. The second-order valence-electron chi connectivity index (χ2n) is 3.25. The third kappa shape index (κ3) is 2.94. The summed E-state index contributed by atoms with van der Waals surface area (Å²) in [7, 11) is 0. The number of pyridine rings is 1. The second-order valence-corrected chi connectivity index (χ2v) is 3.81. The average Bonchev–Trinajstić information content (AvgIpc) is 2.27. The van der Waals surface area contributed by atoms with Gasteiger partial charge in [-0.1, -0.05) is 6.92 Å². The first-order valence-electron chi connectivity index (χ1n) is 4.67. The van der Waals surface area contributed by atoms with E-state index in [-0.39, 0.29) is 0 Å². The number of aliphatic carboxylic acids is 1. The number of rotatable bonds is 4. The van der Waals surface area contributed by atoms with Crippen molar-refractivity contribution in [2.24, 2.45) is 5.73 Å². The molecule has 1 aromatic heterocycles. The Balaban J connectivity index is 2.90. The molecule has 0 aliphatic heterocycles. The van der Waals surface area contributed by atoms with Crippen molar-refractivity contribution in [1.29, 1.82) is 0 Å². The standard InChI is InChI=1S/C10H14N2O2S/c1-2-6-3-4-12-7(5-6)9(15)8(11)10(13)14/h3-5,8-9,15H,2,11H2,1H3,(H,13,14)/t8-,9?/m0/s1. The molecule has 0 saturated heterocycles. The quantitative estimate of drug-likeness (QED) is 0.670. The minimum Gasteiger partial charge on any atom is -0.480 e. The molecule has 1 aromatic rings. The molecular weight excluding hydrogens is 212 g/mol. The highest BCUT2D eigenvalue weighted by atomic mass is 32.1. The SMILES string of the molecule is CCc1ccnc(C(S)[C@H](N)C(=O)O)c1. The lowest BCUT2D eigenvalue weighted by Gasteiger charge is -2.14. The summed E-state index contributed by atoms with van der Waals surface area (Å²) >= 11 is 4.17. The first-order valence-corrected chi connectivity index (χ1v) is 5.19. The number of carbonyl (C=O) groups is 1. The number of hydrogen-bond acceptors (Lipinski definition) is 4. The van der Waals surface area contributed by atoms with E-state index in [1.54, 1.807) is 6.20 Å². The van der Waals surface area contributed by atoms with E-state index in [1.165, 1.54) is 0 Å². The van der Waals surface area contributed by atoms with E-state index in [9.17, 15) is 4.79 Å². The summed E-state index contributed by atoms with van der Waals surface area (Å²) in [5, 5.41) is 8.16. The van der Waals surface area contributed by atoms with Crippen LogP contribution >= 0.6 is 12.6 Å². The van der Waals surface area contributed by atoms with Crippen LogP contribution in [0, 0.1) is 0 Å². The number of carboxylic acid groups (broad SMARTS) is 1. The Labute approximate surface area is 93.9 Å². The van der Waals surface area contributed by atoms with Crippen molar-refractivity contribution < 1.29 is 9.90 Å². The lowest BCUT2D eigenvalue weighted by molar-refractivity contribution is -0.138. The largest absolute Gasteiger partial charge is 0.480 e. The van der Waals surface area contributed by atoms with Crippen LogP contribution in [0.15, 0.2) is 18.3 Å².